The summed E-state index contributed by atoms with van der Waals surface area (Å²) in [5, 5.41) is 14.3. The van der Waals surface area contributed by atoms with Crippen LogP contribution in [-0.2, 0) is 18.3 Å². The second-order valence-corrected chi connectivity index (χ2v) is 6.45. The van der Waals surface area contributed by atoms with Crippen LogP contribution in [0.15, 0.2) is 29.4 Å². The molecule has 0 spiro atoms. The number of hydrogen-bond donors (Lipinski definition) is 1. The maximum Gasteiger partial charge on any atom is 0.216 e. The average Bonchev–Trinajstić information content (AvgIpc) is 2.92. The molecule has 2 aromatic rings. The van der Waals surface area contributed by atoms with Crippen LogP contribution in [0.2, 0.25) is 0 Å². The summed E-state index contributed by atoms with van der Waals surface area (Å²) in [6, 6.07) is 7.46. The number of carbonyl (C=O) groups is 2. The zero-order valence-corrected chi connectivity index (χ0v) is 14.1. The van der Waals surface area contributed by atoms with Gasteiger partial charge in [0.1, 0.15) is 0 Å². The highest BCUT2D eigenvalue weighted by Crippen LogP contribution is 2.22. The van der Waals surface area contributed by atoms with Crippen molar-refractivity contribution in [2.45, 2.75) is 30.7 Å². The molecule has 0 radical (unpaired) electrons. The third kappa shape index (κ3) is 4.88. The Morgan fingerprint density at radius 2 is 2.00 bits per heavy atom. The monoisotopic (exact) mass is 333 g/mol. The van der Waals surface area contributed by atoms with Gasteiger partial charge in [0.2, 0.25) is 11.1 Å². The normalized spacial score (nSPS) is 12.0. The molecule has 0 fully saturated rings. The maximum atomic E-state index is 12.4. The lowest BCUT2D eigenvalue weighted by Gasteiger charge is -2.09. The lowest BCUT2D eigenvalue weighted by atomic mass is 10.0. The van der Waals surface area contributed by atoms with E-state index in [2.05, 4.69) is 20.8 Å². The van der Waals surface area contributed by atoms with Crippen LogP contribution in [0.25, 0.3) is 0 Å². The molecule has 0 aliphatic carbocycles. The minimum Gasteiger partial charge on any atom is -0.356 e. The third-order valence-corrected chi connectivity index (χ3v) is 4.38. The number of amides is 1. The van der Waals surface area contributed by atoms with E-state index in [1.165, 1.54) is 18.7 Å². The van der Waals surface area contributed by atoms with E-state index in [1.54, 1.807) is 11.7 Å². The Labute approximate surface area is 138 Å². The van der Waals surface area contributed by atoms with Crippen molar-refractivity contribution in [3.63, 3.8) is 0 Å². The topological polar surface area (TPSA) is 89.8 Å². The van der Waals surface area contributed by atoms with Crippen molar-refractivity contribution in [1.82, 2.24) is 25.5 Å². The summed E-state index contributed by atoms with van der Waals surface area (Å²) in [5.74, 6) is -0.00711. The summed E-state index contributed by atoms with van der Waals surface area (Å²) >= 11 is 1.33. The van der Waals surface area contributed by atoms with E-state index in [4.69, 9.17) is 0 Å². The molecule has 1 aromatic carbocycles. The number of benzene rings is 1. The zero-order chi connectivity index (χ0) is 16.8. The number of aromatic nitrogens is 4. The van der Waals surface area contributed by atoms with E-state index in [-0.39, 0.29) is 16.9 Å². The van der Waals surface area contributed by atoms with Crippen molar-refractivity contribution >= 4 is 23.5 Å². The van der Waals surface area contributed by atoms with Gasteiger partial charge in [0, 0.05) is 26.1 Å². The molecule has 0 bridgehead atoms. The average molecular weight is 333 g/mol. The maximum absolute atomic E-state index is 12.4. The molecule has 0 saturated carbocycles. The fraction of sp³-hybridized carbons (Fsp3) is 0.400. The van der Waals surface area contributed by atoms with E-state index < -0.39 is 0 Å². The van der Waals surface area contributed by atoms with Crippen molar-refractivity contribution in [3.8, 4) is 0 Å². The lowest BCUT2D eigenvalue weighted by Crippen LogP contribution is -2.22. The minimum atomic E-state index is -0.273. The highest BCUT2D eigenvalue weighted by molar-refractivity contribution is 8.00. The standard InChI is InChI=1S/C15H19N5O2S/c1-10(23-15-17-18-19-20(15)3)14(22)13-6-4-12(5-7-13)8-9-16-11(2)21/h4-7,10H,8-9H2,1-3H3,(H,16,21). The second kappa shape index (κ2) is 7.87. The predicted octanol–water partition coefficient (Wildman–Crippen LogP) is 1.25. The van der Waals surface area contributed by atoms with Gasteiger partial charge < -0.3 is 5.32 Å². The Balaban J connectivity index is 1.94. The van der Waals surface area contributed by atoms with E-state index in [1.807, 2.05) is 31.2 Å². The first-order valence-electron chi connectivity index (χ1n) is 7.24. The molecule has 7 nitrogen and oxygen atoms in total. The molecule has 1 N–H and O–H groups in total. The summed E-state index contributed by atoms with van der Waals surface area (Å²) in [6.45, 7) is 3.92. The highest BCUT2D eigenvalue weighted by atomic mass is 32.2. The van der Waals surface area contributed by atoms with Gasteiger partial charge in [-0.25, -0.2) is 4.68 Å². The quantitative estimate of drug-likeness (QED) is 0.606. The number of thioether (sulfide) groups is 1. The SMILES string of the molecule is CC(=O)NCCc1ccc(C(=O)C(C)Sc2nnnn2C)cc1. The molecule has 1 aromatic heterocycles. The largest absolute Gasteiger partial charge is 0.356 e. The number of nitrogens with one attached hydrogen (secondary N) is 1. The van der Waals surface area contributed by atoms with Gasteiger partial charge in [-0.15, -0.1) is 5.10 Å². The molecule has 2 rings (SSSR count). The van der Waals surface area contributed by atoms with E-state index in [0.29, 0.717) is 17.3 Å². The third-order valence-electron chi connectivity index (χ3n) is 3.26. The van der Waals surface area contributed by atoms with Gasteiger partial charge in [-0.1, -0.05) is 36.0 Å². The minimum absolute atomic E-state index is 0.0337. The Morgan fingerprint density at radius 1 is 1.30 bits per heavy atom. The molecule has 1 unspecified atom stereocenters. The van der Waals surface area contributed by atoms with Gasteiger partial charge in [-0.2, -0.15) is 0 Å². The van der Waals surface area contributed by atoms with Gasteiger partial charge in [-0.3, -0.25) is 9.59 Å². The number of rotatable bonds is 7. The van der Waals surface area contributed by atoms with Gasteiger partial charge in [0.25, 0.3) is 0 Å². The summed E-state index contributed by atoms with van der Waals surface area (Å²) in [4.78, 5) is 23.3. The van der Waals surface area contributed by atoms with E-state index in [0.717, 1.165) is 12.0 Å². The van der Waals surface area contributed by atoms with Gasteiger partial charge in [-0.05, 0) is 29.3 Å². The molecular weight excluding hydrogens is 314 g/mol. The number of aryl methyl sites for hydroxylation is 1. The molecule has 122 valence electrons. The first kappa shape index (κ1) is 17.1. The molecule has 23 heavy (non-hydrogen) atoms. The van der Waals surface area contributed by atoms with Crippen molar-refractivity contribution in [2.24, 2.45) is 7.05 Å². The fourth-order valence-electron chi connectivity index (χ4n) is 1.99. The van der Waals surface area contributed by atoms with E-state index in [9.17, 15) is 9.59 Å². The van der Waals surface area contributed by atoms with Crippen LogP contribution in [0.3, 0.4) is 0 Å². The lowest BCUT2D eigenvalue weighted by molar-refractivity contribution is -0.118. The van der Waals surface area contributed by atoms with Crippen molar-refractivity contribution in [3.05, 3.63) is 35.4 Å². The number of ketones is 1. The number of Topliss-reactive ketones (excluding diaryl/α,β-unsaturated/α-hetero) is 1. The predicted molar refractivity (Wildman–Crippen MR) is 87.3 cm³/mol. The Bertz CT molecular complexity index is 683. The number of hydrogen-bond acceptors (Lipinski definition) is 6. The molecule has 0 aliphatic heterocycles. The van der Waals surface area contributed by atoms with E-state index >= 15 is 0 Å². The van der Waals surface area contributed by atoms with Gasteiger partial charge >= 0.3 is 0 Å². The van der Waals surface area contributed by atoms with Crippen LogP contribution >= 0.6 is 11.8 Å². The van der Waals surface area contributed by atoms with Crippen LogP contribution in [0.1, 0.15) is 29.8 Å². The van der Waals surface area contributed by atoms with Crippen molar-refractivity contribution < 1.29 is 9.59 Å². The molecule has 0 saturated heterocycles. The van der Waals surface area contributed by atoms with Crippen molar-refractivity contribution in [2.75, 3.05) is 6.54 Å². The number of tetrazole rings is 1. The molecule has 1 amide bonds. The molecule has 1 heterocycles. The fourth-order valence-corrected chi connectivity index (χ4v) is 2.82. The first-order chi connectivity index (χ1) is 11.0. The van der Waals surface area contributed by atoms with Crippen LogP contribution in [0.5, 0.6) is 0 Å². The molecule has 1 atom stereocenters. The van der Waals surface area contributed by atoms with Crippen LogP contribution in [-0.4, -0.2) is 43.7 Å². The van der Waals surface area contributed by atoms with Gasteiger partial charge in [0.15, 0.2) is 5.78 Å². The summed E-state index contributed by atoms with van der Waals surface area (Å²) in [7, 11) is 1.74. The zero-order valence-electron chi connectivity index (χ0n) is 13.3. The number of carbonyl (C=O) groups excluding carboxylic acids is 2. The Kier molecular flexibility index (Phi) is 5.86. The highest BCUT2D eigenvalue weighted by Gasteiger charge is 2.19. The first-order valence-corrected chi connectivity index (χ1v) is 8.12. The Hall–Kier alpha value is -2.22. The molecule has 8 heteroatoms. The summed E-state index contributed by atoms with van der Waals surface area (Å²) < 4.78 is 1.54. The van der Waals surface area contributed by atoms with Crippen LogP contribution < -0.4 is 5.32 Å². The Morgan fingerprint density at radius 3 is 2.57 bits per heavy atom. The summed E-state index contributed by atoms with van der Waals surface area (Å²) in [6.07, 6.45) is 0.739. The van der Waals surface area contributed by atoms with Crippen LogP contribution in [0.4, 0.5) is 0 Å². The molecule has 0 aliphatic rings. The van der Waals surface area contributed by atoms with Crippen LogP contribution in [0, 0.1) is 0 Å². The summed E-state index contributed by atoms with van der Waals surface area (Å²) in [5.41, 5.74) is 1.73. The van der Waals surface area contributed by atoms with Crippen molar-refractivity contribution in [1.29, 1.82) is 0 Å². The smallest absolute Gasteiger partial charge is 0.216 e. The van der Waals surface area contributed by atoms with Gasteiger partial charge in [0.05, 0.1) is 5.25 Å². The molecular formula is C15H19N5O2S. The second-order valence-electron chi connectivity index (χ2n) is 5.14. The number of nitrogens with zero attached hydrogens (tertiary/aromatic N) is 4.